The number of hydrogen-bond acceptors (Lipinski definition) is 4. The molecular weight excluding hydrogens is 444 g/mol. The van der Waals surface area contributed by atoms with E-state index in [2.05, 4.69) is 60.2 Å². The highest BCUT2D eigenvalue weighted by atomic mass is 16.5. The number of nitrogen functional groups attached to an aromatic ring is 1. The summed E-state index contributed by atoms with van der Waals surface area (Å²) in [6.07, 6.45) is 3.99. The highest BCUT2D eigenvalue weighted by molar-refractivity contribution is 5.89. The SMILES string of the molecule is C/C=N/CN.CC.CCc1ccccc1CC.Cc1c(N)[nH]c2ccc(OCc3ccccc3)cc12. The average Bonchev–Trinajstić information content (AvgIpc) is 3.22. The molecule has 1 aromatic heterocycles. The zero-order chi connectivity index (χ0) is 26.8. The fourth-order valence-corrected chi connectivity index (χ4v) is 3.51. The number of nitrogens with one attached hydrogen (secondary N) is 1. The number of benzene rings is 3. The third-order valence-corrected chi connectivity index (χ3v) is 5.48. The lowest BCUT2D eigenvalue weighted by molar-refractivity contribution is 0.306. The van der Waals surface area contributed by atoms with E-state index in [0.717, 1.165) is 46.4 Å². The summed E-state index contributed by atoms with van der Waals surface area (Å²) in [7, 11) is 0. The van der Waals surface area contributed by atoms with Gasteiger partial charge in [-0.2, -0.15) is 0 Å². The van der Waals surface area contributed by atoms with Crippen LogP contribution in [0.2, 0.25) is 0 Å². The second kappa shape index (κ2) is 17.8. The summed E-state index contributed by atoms with van der Waals surface area (Å²) in [5.74, 6) is 1.58. The zero-order valence-corrected chi connectivity index (χ0v) is 22.8. The van der Waals surface area contributed by atoms with Crippen molar-refractivity contribution < 1.29 is 4.74 Å². The van der Waals surface area contributed by atoms with E-state index in [1.54, 1.807) is 6.21 Å². The first-order valence-electron chi connectivity index (χ1n) is 12.8. The van der Waals surface area contributed by atoms with Crippen LogP contribution in [0.25, 0.3) is 10.9 Å². The number of aromatic amines is 1. The highest BCUT2D eigenvalue weighted by Crippen LogP contribution is 2.27. The van der Waals surface area contributed by atoms with Gasteiger partial charge in [-0.25, -0.2) is 0 Å². The quantitative estimate of drug-likeness (QED) is 0.246. The molecule has 0 saturated heterocycles. The molecule has 4 rings (SSSR count). The van der Waals surface area contributed by atoms with Gasteiger partial charge in [0.2, 0.25) is 0 Å². The van der Waals surface area contributed by atoms with Gasteiger partial charge in [-0.1, -0.05) is 82.3 Å². The number of ether oxygens (including phenoxy) is 1. The maximum atomic E-state index is 5.87. The van der Waals surface area contributed by atoms with E-state index >= 15 is 0 Å². The number of aromatic nitrogens is 1. The lowest BCUT2D eigenvalue weighted by Crippen LogP contribution is -1.94. The molecule has 0 saturated carbocycles. The molecule has 0 aliphatic carbocycles. The van der Waals surface area contributed by atoms with E-state index in [1.807, 2.05) is 64.1 Å². The Bertz CT molecular complexity index is 1130. The standard InChI is InChI=1S/C16H16N2O.C10H14.C3H8N2.C2H6/c1-11-14-9-13(7-8-15(14)18-16(11)17)19-10-12-5-3-2-4-6-12;1-3-9-7-5-6-8-10(9)4-2;1-2-5-3-4;1-2/h2-9,18H,10,17H2,1H3;5-8H,3-4H2,1-2H3;2H,3-4H2,1H3;1-2H3/b;;5-2+;. The van der Waals surface area contributed by atoms with Gasteiger partial charge in [0.05, 0.1) is 6.67 Å². The third kappa shape index (κ3) is 9.96. The third-order valence-electron chi connectivity index (χ3n) is 5.48. The van der Waals surface area contributed by atoms with Gasteiger partial charge in [0.15, 0.2) is 0 Å². The number of nitrogens with zero attached hydrogens (tertiary/aromatic N) is 1. The fourth-order valence-electron chi connectivity index (χ4n) is 3.51. The number of nitrogens with two attached hydrogens (primary N) is 2. The maximum Gasteiger partial charge on any atom is 0.120 e. The summed E-state index contributed by atoms with van der Waals surface area (Å²) in [6.45, 7) is 13.2. The van der Waals surface area contributed by atoms with Crippen molar-refractivity contribution >= 4 is 22.9 Å². The van der Waals surface area contributed by atoms with Gasteiger partial charge in [0.1, 0.15) is 18.2 Å². The van der Waals surface area contributed by atoms with Crippen LogP contribution in [-0.2, 0) is 19.4 Å². The number of rotatable bonds is 6. The van der Waals surface area contributed by atoms with E-state index in [0.29, 0.717) is 13.3 Å². The Morgan fingerprint density at radius 2 is 1.47 bits per heavy atom. The lowest BCUT2D eigenvalue weighted by atomic mass is 10.0. The fraction of sp³-hybridized carbons (Fsp3) is 0.323. The molecule has 0 fully saturated rings. The minimum atomic E-state index is 0.413. The maximum absolute atomic E-state index is 5.87. The van der Waals surface area contributed by atoms with Crippen LogP contribution in [-0.4, -0.2) is 17.9 Å². The summed E-state index contributed by atoms with van der Waals surface area (Å²) >= 11 is 0. The van der Waals surface area contributed by atoms with Crippen molar-refractivity contribution in [2.45, 2.75) is 61.0 Å². The van der Waals surface area contributed by atoms with Gasteiger partial charge in [0, 0.05) is 10.9 Å². The van der Waals surface area contributed by atoms with E-state index in [9.17, 15) is 0 Å². The average molecular weight is 489 g/mol. The molecule has 0 spiro atoms. The minimum absolute atomic E-state index is 0.413. The monoisotopic (exact) mass is 488 g/mol. The van der Waals surface area contributed by atoms with Crippen LogP contribution in [0, 0.1) is 6.92 Å². The van der Waals surface area contributed by atoms with Crippen molar-refractivity contribution in [3.63, 3.8) is 0 Å². The summed E-state index contributed by atoms with van der Waals surface area (Å²) in [4.78, 5) is 6.77. The molecule has 194 valence electrons. The lowest BCUT2D eigenvalue weighted by Gasteiger charge is -2.06. The number of anilines is 1. The first-order chi connectivity index (χ1) is 17.5. The molecule has 4 aromatic rings. The van der Waals surface area contributed by atoms with Crippen molar-refractivity contribution in [2.75, 3.05) is 12.4 Å². The second-order valence-corrected chi connectivity index (χ2v) is 7.74. The number of fused-ring (bicyclic) bond motifs is 1. The van der Waals surface area contributed by atoms with E-state index in [4.69, 9.17) is 16.2 Å². The van der Waals surface area contributed by atoms with Gasteiger partial charge in [-0.3, -0.25) is 4.99 Å². The van der Waals surface area contributed by atoms with Crippen LogP contribution < -0.4 is 16.2 Å². The molecule has 0 aliphatic heterocycles. The van der Waals surface area contributed by atoms with Crippen molar-refractivity contribution in [1.29, 1.82) is 0 Å². The molecule has 0 radical (unpaired) electrons. The van der Waals surface area contributed by atoms with Crippen LogP contribution in [0.5, 0.6) is 5.75 Å². The van der Waals surface area contributed by atoms with Gasteiger partial charge < -0.3 is 21.2 Å². The number of H-pyrrole nitrogens is 1. The molecule has 0 atom stereocenters. The summed E-state index contributed by atoms with van der Waals surface area (Å²) in [5, 5.41) is 1.11. The molecule has 5 heteroatoms. The largest absolute Gasteiger partial charge is 0.489 e. The Morgan fingerprint density at radius 1 is 0.889 bits per heavy atom. The summed E-state index contributed by atoms with van der Waals surface area (Å²) < 4.78 is 5.81. The highest BCUT2D eigenvalue weighted by Gasteiger charge is 2.06. The van der Waals surface area contributed by atoms with Crippen molar-refractivity contribution in [2.24, 2.45) is 10.7 Å². The predicted molar refractivity (Wildman–Crippen MR) is 158 cm³/mol. The van der Waals surface area contributed by atoms with Gasteiger partial charge in [-0.05, 0) is 73.4 Å². The molecule has 5 nitrogen and oxygen atoms in total. The van der Waals surface area contributed by atoms with E-state index < -0.39 is 0 Å². The summed E-state index contributed by atoms with van der Waals surface area (Å²) in [5.41, 5.74) is 17.1. The van der Waals surface area contributed by atoms with E-state index in [1.165, 1.54) is 11.1 Å². The van der Waals surface area contributed by atoms with Crippen LogP contribution in [0.15, 0.2) is 77.8 Å². The number of hydrogen-bond donors (Lipinski definition) is 3. The summed E-state index contributed by atoms with van der Waals surface area (Å²) in [6, 6.07) is 24.8. The topological polar surface area (TPSA) is 89.4 Å². The Balaban J connectivity index is 0.000000320. The molecule has 3 aromatic carbocycles. The molecule has 1 heterocycles. The Hall–Kier alpha value is -3.57. The zero-order valence-electron chi connectivity index (χ0n) is 22.8. The molecule has 0 bridgehead atoms. The van der Waals surface area contributed by atoms with Gasteiger partial charge in [0.25, 0.3) is 0 Å². The molecular formula is C31H44N4O. The van der Waals surface area contributed by atoms with E-state index in [-0.39, 0.29) is 0 Å². The first-order valence-corrected chi connectivity index (χ1v) is 12.8. The van der Waals surface area contributed by atoms with Crippen LogP contribution in [0.3, 0.4) is 0 Å². The predicted octanol–water partition coefficient (Wildman–Crippen LogP) is 7.47. The minimum Gasteiger partial charge on any atom is -0.489 e. The molecule has 36 heavy (non-hydrogen) atoms. The Labute approximate surface area is 217 Å². The normalized spacial score (nSPS) is 9.97. The van der Waals surface area contributed by atoms with Crippen LogP contribution in [0.4, 0.5) is 5.82 Å². The molecule has 5 N–H and O–H groups in total. The molecule has 0 amide bonds. The Morgan fingerprint density at radius 3 is 1.97 bits per heavy atom. The van der Waals surface area contributed by atoms with Gasteiger partial charge in [-0.15, -0.1) is 0 Å². The van der Waals surface area contributed by atoms with Crippen LogP contribution >= 0.6 is 0 Å². The first kappa shape index (κ1) is 30.5. The molecule has 0 unspecified atom stereocenters. The van der Waals surface area contributed by atoms with Crippen molar-refractivity contribution in [3.8, 4) is 5.75 Å². The number of aliphatic imine (C=N–C) groups is 1. The smallest absolute Gasteiger partial charge is 0.120 e. The van der Waals surface area contributed by atoms with Crippen molar-refractivity contribution in [3.05, 3.63) is 95.1 Å². The molecule has 0 aliphatic rings. The second-order valence-electron chi connectivity index (χ2n) is 7.74. The van der Waals surface area contributed by atoms with Crippen molar-refractivity contribution in [1.82, 2.24) is 4.98 Å². The Kier molecular flexibility index (Phi) is 15.1. The van der Waals surface area contributed by atoms with Crippen LogP contribution in [0.1, 0.15) is 56.9 Å². The number of aryl methyl sites for hydroxylation is 3. The van der Waals surface area contributed by atoms with Gasteiger partial charge >= 0.3 is 0 Å².